The molecule has 0 saturated heterocycles. The summed E-state index contributed by atoms with van der Waals surface area (Å²) < 4.78 is 7.66. The van der Waals surface area contributed by atoms with Crippen molar-refractivity contribution in [2.24, 2.45) is 0 Å². The van der Waals surface area contributed by atoms with Crippen molar-refractivity contribution >= 4 is 28.8 Å². The van der Waals surface area contributed by atoms with Crippen molar-refractivity contribution in [1.29, 1.82) is 0 Å². The molecule has 0 radical (unpaired) electrons. The first-order valence-electron chi connectivity index (χ1n) is 6.75. The van der Waals surface area contributed by atoms with Crippen LogP contribution in [0.5, 0.6) is 5.75 Å². The van der Waals surface area contributed by atoms with Crippen LogP contribution in [0.3, 0.4) is 0 Å². The van der Waals surface area contributed by atoms with Crippen LogP contribution < -0.4 is 4.74 Å². The highest BCUT2D eigenvalue weighted by Crippen LogP contribution is 2.27. The lowest BCUT2D eigenvalue weighted by atomic mass is 10.2. The number of aliphatic hydroxyl groups excluding tert-OH is 1. The second-order valence-corrected chi connectivity index (χ2v) is 5.67. The number of hydrogen-bond donors (Lipinski definition) is 1. The van der Waals surface area contributed by atoms with Gasteiger partial charge in [0, 0.05) is 21.8 Å². The molecule has 0 fully saturated rings. The Hall–Kier alpha value is -1.75. The zero-order chi connectivity index (χ0) is 15.7. The van der Waals surface area contributed by atoms with Crippen LogP contribution in [0.25, 0.3) is 5.65 Å². The van der Waals surface area contributed by atoms with Crippen LogP contribution in [0.1, 0.15) is 17.0 Å². The van der Waals surface area contributed by atoms with Gasteiger partial charge in [0.1, 0.15) is 6.61 Å². The zero-order valence-electron chi connectivity index (χ0n) is 11.9. The second kappa shape index (κ2) is 6.16. The van der Waals surface area contributed by atoms with Gasteiger partial charge in [0.05, 0.1) is 18.0 Å². The molecule has 3 aromatic rings. The first-order chi connectivity index (χ1) is 10.6. The largest absolute Gasteiger partial charge is 0.485 e. The van der Waals surface area contributed by atoms with E-state index in [1.165, 1.54) is 0 Å². The predicted molar refractivity (Wildman–Crippen MR) is 86.6 cm³/mol. The summed E-state index contributed by atoms with van der Waals surface area (Å²) in [5.41, 5.74) is 2.91. The number of benzene rings is 1. The molecule has 0 aliphatic heterocycles. The lowest BCUT2D eigenvalue weighted by Crippen LogP contribution is -2.00. The monoisotopic (exact) mass is 336 g/mol. The predicted octanol–water partition coefficient (Wildman–Crippen LogP) is 4.02. The van der Waals surface area contributed by atoms with Crippen LogP contribution in [0.4, 0.5) is 0 Å². The molecule has 6 heteroatoms. The fourth-order valence-electron chi connectivity index (χ4n) is 2.33. The van der Waals surface area contributed by atoms with Crippen LogP contribution in [0.15, 0.2) is 36.5 Å². The summed E-state index contributed by atoms with van der Waals surface area (Å²) in [5, 5.41) is 10.6. The fourth-order valence-corrected chi connectivity index (χ4v) is 2.83. The number of ether oxygens (including phenoxy) is 1. The number of aryl methyl sites for hydroxylation is 1. The second-order valence-electron chi connectivity index (χ2n) is 4.86. The standard InChI is InChI=1S/C16H14Cl2N2O2/c1-10-14(8-21)20-7-3-6-15(16(20)19-10)22-9-11-12(17)4-2-5-13(11)18/h2-7,21H,8-9H2,1H3. The van der Waals surface area contributed by atoms with E-state index in [1.54, 1.807) is 18.2 Å². The van der Waals surface area contributed by atoms with Gasteiger partial charge >= 0.3 is 0 Å². The Balaban J connectivity index is 1.95. The minimum atomic E-state index is -0.0766. The van der Waals surface area contributed by atoms with E-state index in [0.29, 0.717) is 21.4 Å². The summed E-state index contributed by atoms with van der Waals surface area (Å²) in [4.78, 5) is 4.45. The Labute approximate surface area is 137 Å². The number of aliphatic hydroxyl groups is 1. The van der Waals surface area contributed by atoms with E-state index in [9.17, 15) is 5.11 Å². The van der Waals surface area contributed by atoms with Gasteiger partial charge < -0.3 is 9.84 Å². The molecule has 2 heterocycles. The van der Waals surface area contributed by atoms with Crippen LogP contribution >= 0.6 is 23.2 Å². The molecule has 0 spiro atoms. The van der Waals surface area contributed by atoms with Crippen molar-refractivity contribution in [3.05, 3.63) is 63.5 Å². The Kier molecular flexibility index (Phi) is 4.25. The van der Waals surface area contributed by atoms with Gasteiger partial charge in [-0.15, -0.1) is 0 Å². The molecule has 0 atom stereocenters. The smallest absolute Gasteiger partial charge is 0.180 e. The van der Waals surface area contributed by atoms with Gasteiger partial charge in [-0.3, -0.25) is 4.40 Å². The van der Waals surface area contributed by atoms with Gasteiger partial charge in [-0.05, 0) is 31.2 Å². The highest BCUT2D eigenvalue weighted by Gasteiger charge is 2.13. The summed E-state index contributed by atoms with van der Waals surface area (Å²) in [6.07, 6.45) is 1.84. The van der Waals surface area contributed by atoms with Gasteiger partial charge in [-0.2, -0.15) is 0 Å². The molecule has 0 unspecified atom stereocenters. The molecule has 4 nitrogen and oxygen atoms in total. The van der Waals surface area contributed by atoms with E-state index in [0.717, 1.165) is 17.0 Å². The number of fused-ring (bicyclic) bond motifs is 1. The van der Waals surface area contributed by atoms with Crippen molar-refractivity contribution in [1.82, 2.24) is 9.38 Å². The molecular formula is C16H14Cl2N2O2. The highest BCUT2D eigenvalue weighted by atomic mass is 35.5. The number of nitrogens with zero attached hydrogens (tertiary/aromatic N) is 2. The maximum absolute atomic E-state index is 9.44. The van der Waals surface area contributed by atoms with E-state index < -0.39 is 0 Å². The summed E-state index contributed by atoms with van der Waals surface area (Å²) in [5.74, 6) is 0.612. The maximum Gasteiger partial charge on any atom is 0.180 e. The van der Waals surface area contributed by atoms with Gasteiger partial charge in [-0.1, -0.05) is 29.3 Å². The van der Waals surface area contributed by atoms with Gasteiger partial charge in [0.25, 0.3) is 0 Å². The van der Waals surface area contributed by atoms with E-state index in [-0.39, 0.29) is 13.2 Å². The van der Waals surface area contributed by atoms with Crippen molar-refractivity contribution < 1.29 is 9.84 Å². The third kappa shape index (κ3) is 2.65. The zero-order valence-corrected chi connectivity index (χ0v) is 13.4. The fraction of sp³-hybridized carbons (Fsp3) is 0.188. The highest BCUT2D eigenvalue weighted by molar-refractivity contribution is 6.35. The summed E-state index contributed by atoms with van der Waals surface area (Å²) in [6.45, 7) is 2.03. The molecule has 0 saturated carbocycles. The lowest BCUT2D eigenvalue weighted by molar-refractivity contribution is 0.274. The van der Waals surface area contributed by atoms with Gasteiger partial charge in [0.2, 0.25) is 0 Å². The number of halogens is 2. The summed E-state index contributed by atoms with van der Waals surface area (Å²) in [7, 11) is 0. The quantitative estimate of drug-likeness (QED) is 0.782. The first kappa shape index (κ1) is 15.2. The van der Waals surface area contributed by atoms with Crippen molar-refractivity contribution in [2.45, 2.75) is 20.1 Å². The average Bonchev–Trinajstić information content (AvgIpc) is 2.82. The molecule has 114 valence electrons. The number of pyridine rings is 1. The van der Waals surface area contributed by atoms with Gasteiger partial charge in [0.15, 0.2) is 11.4 Å². The Morgan fingerprint density at radius 1 is 1.18 bits per heavy atom. The molecule has 0 aliphatic rings. The third-order valence-electron chi connectivity index (χ3n) is 3.50. The third-order valence-corrected chi connectivity index (χ3v) is 4.21. The first-order valence-corrected chi connectivity index (χ1v) is 7.50. The lowest BCUT2D eigenvalue weighted by Gasteiger charge is -2.10. The maximum atomic E-state index is 9.44. The average molecular weight is 337 g/mol. The molecule has 0 bridgehead atoms. The molecule has 1 N–H and O–H groups in total. The molecule has 0 amide bonds. The Morgan fingerprint density at radius 3 is 2.59 bits per heavy atom. The summed E-state index contributed by atoms with van der Waals surface area (Å²) >= 11 is 12.3. The van der Waals surface area contributed by atoms with Crippen LogP contribution in [0.2, 0.25) is 10.0 Å². The molecule has 1 aromatic carbocycles. The van der Waals surface area contributed by atoms with Crippen molar-refractivity contribution in [2.75, 3.05) is 0 Å². The summed E-state index contributed by atoms with van der Waals surface area (Å²) in [6, 6.07) is 9.01. The number of rotatable bonds is 4. The minimum Gasteiger partial charge on any atom is -0.485 e. The number of hydrogen-bond acceptors (Lipinski definition) is 3. The van der Waals surface area contributed by atoms with Gasteiger partial charge in [-0.25, -0.2) is 4.98 Å². The normalized spacial score (nSPS) is 11.1. The van der Waals surface area contributed by atoms with E-state index in [2.05, 4.69) is 4.98 Å². The molecule has 3 rings (SSSR count). The van der Waals surface area contributed by atoms with Crippen LogP contribution in [0, 0.1) is 6.92 Å². The van der Waals surface area contributed by atoms with E-state index in [4.69, 9.17) is 27.9 Å². The van der Waals surface area contributed by atoms with E-state index in [1.807, 2.05) is 29.7 Å². The van der Waals surface area contributed by atoms with Crippen LogP contribution in [-0.4, -0.2) is 14.5 Å². The van der Waals surface area contributed by atoms with Crippen molar-refractivity contribution in [3.8, 4) is 5.75 Å². The minimum absolute atomic E-state index is 0.0766. The molecule has 0 aliphatic carbocycles. The number of aromatic nitrogens is 2. The Bertz CT molecular complexity index is 810. The van der Waals surface area contributed by atoms with Crippen LogP contribution in [-0.2, 0) is 13.2 Å². The van der Waals surface area contributed by atoms with E-state index >= 15 is 0 Å². The molecule has 22 heavy (non-hydrogen) atoms. The topological polar surface area (TPSA) is 46.8 Å². The Morgan fingerprint density at radius 2 is 1.91 bits per heavy atom. The SMILES string of the molecule is Cc1nc2c(OCc3c(Cl)cccc3Cl)cccn2c1CO. The van der Waals surface area contributed by atoms with Crippen molar-refractivity contribution in [3.63, 3.8) is 0 Å². The molecule has 2 aromatic heterocycles. The number of imidazole rings is 1. The molecular weight excluding hydrogens is 323 g/mol.